The van der Waals surface area contributed by atoms with Gasteiger partial charge in [0.1, 0.15) is 6.61 Å². The smallest absolute Gasteiger partial charge is 0.462 e. The molecule has 3 atom stereocenters. The Morgan fingerprint density at radius 3 is 1.55 bits per heavy atom. The first-order chi connectivity index (χ1) is 25.7. The molecule has 0 radical (unpaired) electrons. The van der Waals surface area contributed by atoms with Crippen molar-refractivity contribution in [3.63, 3.8) is 0 Å². The summed E-state index contributed by atoms with van der Waals surface area (Å²) >= 11 is 0. The van der Waals surface area contributed by atoms with Gasteiger partial charge in [0.05, 0.1) is 18.8 Å². The lowest BCUT2D eigenvalue weighted by atomic mass is 10.0. The van der Waals surface area contributed by atoms with Crippen molar-refractivity contribution in [2.75, 3.05) is 13.2 Å². The second kappa shape index (κ2) is 35.2. The number of unbranched alkanes of at least 4 members (excludes halogenated alkanes) is 25. The van der Waals surface area contributed by atoms with Gasteiger partial charge in [0.2, 0.25) is 0 Å². The molecule has 1 aliphatic rings. The molecule has 0 aromatic heterocycles. The second-order valence-electron chi connectivity index (χ2n) is 15.4. The average Bonchev–Trinajstić information content (AvgIpc) is 3.88. The molecule has 0 amide bonds. The maximum Gasteiger partial charge on any atom is 0.469 e. The molecule has 1 aliphatic heterocycles. The minimum Gasteiger partial charge on any atom is -0.462 e. The molecule has 1 heterocycles. The Hall–Kier alpha value is -1.25. The molecule has 0 aromatic carbocycles. The molecule has 0 saturated carbocycles. The number of hydrogen-bond donors (Lipinski definition) is 2. The first-order valence-electron chi connectivity index (χ1n) is 22.1. The zero-order valence-corrected chi connectivity index (χ0v) is 35.0. The van der Waals surface area contributed by atoms with Crippen LogP contribution in [0, 0.1) is 0 Å². The Kier molecular flexibility index (Phi) is 33.0. The van der Waals surface area contributed by atoms with Crippen molar-refractivity contribution in [2.24, 2.45) is 0 Å². The van der Waals surface area contributed by atoms with Gasteiger partial charge in [-0.1, -0.05) is 180 Å². The fraction of sp³-hybridized carbons (Fsp3) is 0.907. The summed E-state index contributed by atoms with van der Waals surface area (Å²) in [6.07, 6.45) is 41.1. The summed E-state index contributed by atoms with van der Waals surface area (Å²) in [5.74, 6) is -0.895. The van der Waals surface area contributed by atoms with Gasteiger partial charge in [-0.3, -0.25) is 14.1 Å². The Balaban J connectivity index is 2.01. The molecule has 0 spiro atoms. The van der Waals surface area contributed by atoms with Gasteiger partial charge >= 0.3 is 19.8 Å². The van der Waals surface area contributed by atoms with E-state index in [4.69, 9.17) is 24.0 Å². The van der Waals surface area contributed by atoms with Crippen LogP contribution < -0.4 is 0 Å². The first kappa shape index (κ1) is 49.8. The third kappa shape index (κ3) is 34.9. The van der Waals surface area contributed by atoms with E-state index in [1.807, 2.05) is 0 Å². The van der Waals surface area contributed by atoms with Crippen LogP contribution in [0.2, 0.25) is 0 Å². The number of rotatable bonds is 40. The van der Waals surface area contributed by atoms with Gasteiger partial charge in [-0.15, -0.1) is 0 Å². The van der Waals surface area contributed by atoms with E-state index in [0.717, 1.165) is 57.8 Å². The number of carbonyl (C=O) groups excluding carboxylic acids is 2. The molecule has 312 valence electrons. The highest BCUT2D eigenvalue weighted by Gasteiger charge is 2.36. The number of carbonyl (C=O) groups is 2. The van der Waals surface area contributed by atoms with Crippen LogP contribution in [0.25, 0.3) is 0 Å². The molecule has 0 aliphatic carbocycles. The quantitative estimate of drug-likeness (QED) is 0.0205. The topological polar surface area (TPSA) is 132 Å². The summed E-state index contributed by atoms with van der Waals surface area (Å²) in [4.78, 5) is 42.9. The molecule has 1 rings (SSSR count). The van der Waals surface area contributed by atoms with Crippen molar-refractivity contribution in [3.8, 4) is 0 Å². The van der Waals surface area contributed by atoms with E-state index in [-0.39, 0.29) is 19.4 Å². The monoisotopic (exact) mass is 773 g/mol. The first-order valence-corrected chi connectivity index (χ1v) is 23.6. The van der Waals surface area contributed by atoms with E-state index in [9.17, 15) is 14.2 Å². The summed E-state index contributed by atoms with van der Waals surface area (Å²) in [6.45, 7) is 3.67. The molecule has 2 N–H and O–H groups in total. The van der Waals surface area contributed by atoms with Crippen LogP contribution in [0.3, 0.4) is 0 Å². The largest absolute Gasteiger partial charge is 0.469 e. The molecule has 1 saturated heterocycles. The summed E-state index contributed by atoms with van der Waals surface area (Å²) in [7, 11) is -4.76. The van der Waals surface area contributed by atoms with Gasteiger partial charge in [0.25, 0.3) is 0 Å². The SMILES string of the molecule is CCCCCCCCCCCCCCCCCCCCCC(=O)OC[C@H](COP(=O)(O)O)OC(=O)CCCCCCC/C=C\CC1OC1CCCCC. The highest BCUT2D eigenvalue weighted by atomic mass is 31.2. The van der Waals surface area contributed by atoms with Crippen molar-refractivity contribution in [1.82, 2.24) is 0 Å². The molecular formula is C43H81O9P. The molecule has 9 nitrogen and oxygen atoms in total. The number of phosphoric acid groups is 1. The third-order valence-corrected chi connectivity index (χ3v) is 10.7. The molecule has 0 aromatic rings. The molecule has 53 heavy (non-hydrogen) atoms. The van der Waals surface area contributed by atoms with E-state index in [1.165, 1.54) is 128 Å². The van der Waals surface area contributed by atoms with Crippen LogP contribution in [0.1, 0.15) is 219 Å². The van der Waals surface area contributed by atoms with Crippen LogP contribution in [0.4, 0.5) is 0 Å². The Bertz CT molecular complexity index is 937. The van der Waals surface area contributed by atoms with Crippen molar-refractivity contribution >= 4 is 19.8 Å². The minimum absolute atomic E-state index is 0.195. The third-order valence-electron chi connectivity index (χ3n) is 10.2. The Labute approximate surface area is 324 Å². The predicted octanol–water partition coefficient (Wildman–Crippen LogP) is 12.4. The average molecular weight is 773 g/mol. The molecule has 0 bridgehead atoms. The predicted molar refractivity (Wildman–Crippen MR) is 216 cm³/mol. The lowest BCUT2D eigenvalue weighted by Crippen LogP contribution is -2.29. The highest BCUT2D eigenvalue weighted by Crippen LogP contribution is 2.36. The zero-order chi connectivity index (χ0) is 38.7. The Morgan fingerprint density at radius 2 is 1.04 bits per heavy atom. The van der Waals surface area contributed by atoms with E-state index in [0.29, 0.717) is 18.6 Å². The minimum atomic E-state index is -4.76. The van der Waals surface area contributed by atoms with Crippen molar-refractivity contribution in [1.29, 1.82) is 0 Å². The molecule has 1 fully saturated rings. The highest BCUT2D eigenvalue weighted by molar-refractivity contribution is 7.46. The number of phosphoric ester groups is 1. The maximum absolute atomic E-state index is 12.4. The normalized spacial score (nSPS) is 16.3. The number of allylic oxidation sites excluding steroid dienone is 1. The van der Waals surface area contributed by atoms with Gasteiger partial charge in [-0.05, 0) is 38.5 Å². The molecule has 10 heteroatoms. The maximum atomic E-state index is 12.4. The number of epoxide rings is 1. The van der Waals surface area contributed by atoms with E-state index >= 15 is 0 Å². The summed E-state index contributed by atoms with van der Waals surface area (Å²) < 4.78 is 32.2. The van der Waals surface area contributed by atoms with Crippen LogP contribution >= 0.6 is 7.82 Å². The van der Waals surface area contributed by atoms with Gasteiger partial charge < -0.3 is 24.0 Å². The number of ether oxygens (including phenoxy) is 3. The molecular weight excluding hydrogens is 691 g/mol. The van der Waals surface area contributed by atoms with Crippen LogP contribution in [-0.2, 0) is 32.9 Å². The summed E-state index contributed by atoms with van der Waals surface area (Å²) in [6, 6.07) is 0. The molecule has 2 unspecified atom stereocenters. The zero-order valence-electron chi connectivity index (χ0n) is 34.1. The van der Waals surface area contributed by atoms with Gasteiger partial charge in [0.15, 0.2) is 6.10 Å². The standard InChI is InChI=1S/C43H81O9P/c1-3-5-7-8-9-10-11-12-13-14-15-16-17-18-19-20-24-27-31-35-42(44)49-37-39(38-50-53(46,47)48)51-43(45)36-32-28-25-22-21-23-26-30-34-41-40(52-41)33-29-6-4-2/h26,30,39-41H,3-25,27-29,31-38H2,1-2H3,(H2,46,47,48)/b30-26-/t39-,40?,41?/m1/s1. The van der Waals surface area contributed by atoms with Gasteiger partial charge in [-0.25, -0.2) is 4.57 Å². The van der Waals surface area contributed by atoms with Crippen LogP contribution in [0.5, 0.6) is 0 Å². The van der Waals surface area contributed by atoms with Crippen molar-refractivity contribution in [3.05, 3.63) is 12.2 Å². The van der Waals surface area contributed by atoms with Crippen molar-refractivity contribution in [2.45, 2.75) is 238 Å². The van der Waals surface area contributed by atoms with E-state index in [2.05, 4.69) is 30.5 Å². The summed E-state index contributed by atoms with van der Waals surface area (Å²) in [5, 5.41) is 0. The van der Waals surface area contributed by atoms with Crippen LogP contribution in [-0.4, -0.2) is 53.3 Å². The van der Waals surface area contributed by atoms with E-state index < -0.39 is 32.5 Å². The van der Waals surface area contributed by atoms with Gasteiger partial charge in [0, 0.05) is 12.8 Å². The lowest BCUT2D eigenvalue weighted by Gasteiger charge is -2.18. The van der Waals surface area contributed by atoms with Crippen molar-refractivity contribution < 1.29 is 42.7 Å². The number of esters is 2. The van der Waals surface area contributed by atoms with Gasteiger partial charge in [-0.2, -0.15) is 0 Å². The van der Waals surface area contributed by atoms with E-state index in [1.54, 1.807) is 0 Å². The summed E-state index contributed by atoms with van der Waals surface area (Å²) in [5.41, 5.74) is 0. The fourth-order valence-corrected chi connectivity index (χ4v) is 7.15. The second-order valence-corrected chi connectivity index (χ2v) is 16.7. The fourth-order valence-electron chi connectivity index (χ4n) is 6.79. The Morgan fingerprint density at radius 1 is 0.585 bits per heavy atom. The number of hydrogen-bond acceptors (Lipinski definition) is 7. The van der Waals surface area contributed by atoms with Crippen LogP contribution in [0.15, 0.2) is 12.2 Å². The lowest BCUT2D eigenvalue weighted by molar-refractivity contribution is -0.161.